The number of pyridine rings is 1. The zero-order chi connectivity index (χ0) is 15.3. The van der Waals surface area contributed by atoms with Crippen LogP contribution in [0.1, 0.15) is 39.3 Å². The molecule has 0 aliphatic heterocycles. The van der Waals surface area contributed by atoms with Crippen LogP contribution in [-0.4, -0.2) is 39.1 Å². The SMILES string of the molecule is CCN(C(=O)NC(C)c1cccnc1)C(C)(C)C(=O)O. The largest absolute Gasteiger partial charge is 0.480 e. The van der Waals surface area contributed by atoms with Crippen molar-refractivity contribution >= 4 is 12.0 Å². The van der Waals surface area contributed by atoms with Crippen molar-refractivity contribution in [2.45, 2.75) is 39.3 Å². The van der Waals surface area contributed by atoms with E-state index in [4.69, 9.17) is 0 Å². The Hall–Kier alpha value is -2.11. The molecule has 1 atom stereocenters. The van der Waals surface area contributed by atoms with Gasteiger partial charge < -0.3 is 15.3 Å². The summed E-state index contributed by atoms with van der Waals surface area (Å²) in [5.41, 5.74) is -0.391. The van der Waals surface area contributed by atoms with E-state index in [0.717, 1.165) is 5.56 Å². The van der Waals surface area contributed by atoms with E-state index in [1.165, 1.54) is 18.7 Å². The lowest BCUT2D eigenvalue weighted by molar-refractivity contribution is -0.147. The maximum atomic E-state index is 12.2. The second-order valence-electron chi connectivity index (χ2n) is 5.07. The standard InChI is InChI=1S/C14H21N3O3/c1-5-17(14(3,4)12(18)19)13(20)16-10(2)11-7-6-8-15-9-11/h6-10H,5H2,1-4H3,(H,16,20)(H,18,19). The Morgan fingerprint density at radius 1 is 1.50 bits per heavy atom. The van der Waals surface area contributed by atoms with Crippen molar-refractivity contribution < 1.29 is 14.7 Å². The highest BCUT2D eigenvalue weighted by Gasteiger charge is 2.37. The molecule has 2 N–H and O–H groups in total. The number of hydrogen-bond donors (Lipinski definition) is 2. The van der Waals surface area contributed by atoms with Gasteiger partial charge in [0.15, 0.2) is 0 Å². The van der Waals surface area contributed by atoms with Crippen molar-refractivity contribution in [1.29, 1.82) is 0 Å². The fourth-order valence-electron chi connectivity index (χ4n) is 1.89. The molecule has 0 aromatic carbocycles. The first-order valence-electron chi connectivity index (χ1n) is 6.52. The second kappa shape index (κ2) is 6.36. The first-order valence-corrected chi connectivity index (χ1v) is 6.52. The summed E-state index contributed by atoms with van der Waals surface area (Å²) >= 11 is 0. The third kappa shape index (κ3) is 3.46. The number of hydrogen-bond acceptors (Lipinski definition) is 3. The molecule has 20 heavy (non-hydrogen) atoms. The predicted molar refractivity (Wildman–Crippen MR) is 75.3 cm³/mol. The summed E-state index contributed by atoms with van der Waals surface area (Å²) < 4.78 is 0. The van der Waals surface area contributed by atoms with Crippen molar-refractivity contribution in [1.82, 2.24) is 15.2 Å². The summed E-state index contributed by atoms with van der Waals surface area (Å²) in [6.45, 7) is 6.90. The molecule has 0 radical (unpaired) electrons. The molecule has 0 bridgehead atoms. The minimum absolute atomic E-state index is 0.241. The molecule has 0 saturated carbocycles. The van der Waals surface area contributed by atoms with E-state index in [0.29, 0.717) is 6.54 Å². The van der Waals surface area contributed by atoms with E-state index >= 15 is 0 Å². The number of nitrogens with zero attached hydrogens (tertiary/aromatic N) is 2. The van der Waals surface area contributed by atoms with Gasteiger partial charge in [0.25, 0.3) is 0 Å². The molecule has 110 valence electrons. The minimum atomic E-state index is -1.26. The van der Waals surface area contributed by atoms with E-state index in [-0.39, 0.29) is 6.04 Å². The summed E-state index contributed by atoms with van der Waals surface area (Å²) in [6.07, 6.45) is 3.33. The van der Waals surface area contributed by atoms with Crippen molar-refractivity contribution in [3.8, 4) is 0 Å². The van der Waals surface area contributed by atoms with Crippen LogP contribution in [-0.2, 0) is 4.79 Å². The fraction of sp³-hybridized carbons (Fsp3) is 0.500. The average Bonchev–Trinajstić information content (AvgIpc) is 2.39. The van der Waals surface area contributed by atoms with Crippen LogP contribution in [0.4, 0.5) is 4.79 Å². The summed E-state index contributed by atoms with van der Waals surface area (Å²) in [5, 5.41) is 12.0. The number of urea groups is 1. The Labute approximate surface area is 118 Å². The first kappa shape index (κ1) is 15.9. The predicted octanol–water partition coefficient (Wildman–Crippen LogP) is 2.04. The van der Waals surface area contributed by atoms with Crippen LogP contribution < -0.4 is 5.32 Å². The molecule has 0 fully saturated rings. The van der Waals surface area contributed by atoms with Gasteiger partial charge in [0.05, 0.1) is 6.04 Å². The summed E-state index contributed by atoms with van der Waals surface area (Å²) in [4.78, 5) is 28.8. The maximum absolute atomic E-state index is 12.2. The Morgan fingerprint density at radius 2 is 2.15 bits per heavy atom. The Morgan fingerprint density at radius 3 is 2.60 bits per heavy atom. The molecule has 0 aliphatic carbocycles. The molecule has 6 heteroatoms. The molecule has 6 nitrogen and oxygen atoms in total. The van der Waals surface area contributed by atoms with E-state index < -0.39 is 17.5 Å². The summed E-state index contributed by atoms with van der Waals surface area (Å²) in [6, 6.07) is 3.00. The van der Waals surface area contributed by atoms with Crippen LogP contribution in [0, 0.1) is 0 Å². The van der Waals surface area contributed by atoms with Gasteiger partial charge in [-0.3, -0.25) is 4.98 Å². The van der Waals surface area contributed by atoms with Crippen molar-refractivity contribution in [2.75, 3.05) is 6.54 Å². The average molecular weight is 279 g/mol. The number of likely N-dealkylation sites (N-methyl/N-ethyl adjacent to an activating group) is 1. The Kier molecular flexibility index (Phi) is 5.07. The van der Waals surface area contributed by atoms with E-state index in [9.17, 15) is 14.7 Å². The van der Waals surface area contributed by atoms with Gasteiger partial charge in [-0.1, -0.05) is 6.07 Å². The number of carbonyl (C=O) groups excluding carboxylic acids is 1. The van der Waals surface area contributed by atoms with Gasteiger partial charge in [0.1, 0.15) is 5.54 Å². The van der Waals surface area contributed by atoms with Crippen LogP contribution in [0.2, 0.25) is 0 Å². The quantitative estimate of drug-likeness (QED) is 0.864. The molecule has 1 heterocycles. The monoisotopic (exact) mass is 279 g/mol. The molecular weight excluding hydrogens is 258 g/mol. The number of rotatable bonds is 5. The third-order valence-corrected chi connectivity index (χ3v) is 3.28. The Bertz CT molecular complexity index is 474. The van der Waals surface area contributed by atoms with E-state index in [1.54, 1.807) is 25.4 Å². The van der Waals surface area contributed by atoms with Gasteiger partial charge >= 0.3 is 12.0 Å². The number of amides is 2. The molecule has 0 spiro atoms. The maximum Gasteiger partial charge on any atom is 0.329 e. The number of nitrogens with one attached hydrogen (secondary N) is 1. The smallest absolute Gasteiger partial charge is 0.329 e. The molecule has 1 unspecified atom stereocenters. The van der Waals surface area contributed by atoms with Crippen molar-refractivity contribution in [3.63, 3.8) is 0 Å². The number of aliphatic carboxylic acids is 1. The van der Waals surface area contributed by atoms with Crippen LogP contribution in [0.15, 0.2) is 24.5 Å². The molecule has 0 aliphatic rings. The normalized spacial score (nSPS) is 12.6. The lowest BCUT2D eigenvalue weighted by Crippen LogP contribution is -2.56. The minimum Gasteiger partial charge on any atom is -0.480 e. The highest BCUT2D eigenvalue weighted by Crippen LogP contribution is 2.17. The molecule has 2 amide bonds. The third-order valence-electron chi connectivity index (χ3n) is 3.28. The van der Waals surface area contributed by atoms with Crippen LogP contribution in [0.3, 0.4) is 0 Å². The fourth-order valence-corrected chi connectivity index (χ4v) is 1.89. The number of aromatic nitrogens is 1. The molecule has 1 aromatic heterocycles. The zero-order valence-electron chi connectivity index (χ0n) is 12.3. The van der Waals surface area contributed by atoms with E-state index in [1.807, 2.05) is 13.0 Å². The molecule has 0 saturated heterocycles. The van der Waals surface area contributed by atoms with Gasteiger partial charge in [-0.25, -0.2) is 9.59 Å². The number of carboxylic acids is 1. The molecule has 1 rings (SSSR count). The van der Waals surface area contributed by atoms with Crippen LogP contribution in [0.5, 0.6) is 0 Å². The lowest BCUT2D eigenvalue weighted by Gasteiger charge is -2.35. The van der Waals surface area contributed by atoms with Crippen molar-refractivity contribution in [3.05, 3.63) is 30.1 Å². The highest BCUT2D eigenvalue weighted by atomic mass is 16.4. The summed E-state index contributed by atoms with van der Waals surface area (Å²) in [7, 11) is 0. The first-order chi connectivity index (χ1) is 9.30. The van der Waals surface area contributed by atoms with E-state index in [2.05, 4.69) is 10.3 Å². The van der Waals surface area contributed by atoms with Crippen LogP contribution >= 0.6 is 0 Å². The summed E-state index contributed by atoms with van der Waals surface area (Å²) in [5.74, 6) is -1.04. The molecular formula is C14H21N3O3. The highest BCUT2D eigenvalue weighted by molar-refractivity contribution is 5.85. The molecule has 1 aromatic rings. The number of carbonyl (C=O) groups is 2. The lowest BCUT2D eigenvalue weighted by atomic mass is 10.0. The second-order valence-corrected chi connectivity index (χ2v) is 5.07. The van der Waals surface area contributed by atoms with Crippen LogP contribution in [0.25, 0.3) is 0 Å². The van der Waals surface area contributed by atoms with Crippen molar-refractivity contribution in [2.24, 2.45) is 0 Å². The Balaban J connectivity index is 2.81. The topological polar surface area (TPSA) is 82.5 Å². The van der Waals surface area contributed by atoms with Gasteiger partial charge in [-0.2, -0.15) is 0 Å². The zero-order valence-corrected chi connectivity index (χ0v) is 12.3. The van der Waals surface area contributed by atoms with Gasteiger partial charge in [-0.05, 0) is 39.3 Å². The number of carboxylic acid groups (broad SMARTS) is 1. The van der Waals surface area contributed by atoms with Gasteiger partial charge in [-0.15, -0.1) is 0 Å². The van der Waals surface area contributed by atoms with Gasteiger partial charge in [0, 0.05) is 18.9 Å². The van der Waals surface area contributed by atoms with Gasteiger partial charge in [0.2, 0.25) is 0 Å².